The van der Waals surface area contributed by atoms with Crippen LogP contribution in [0.5, 0.6) is 5.75 Å². The lowest BCUT2D eigenvalue weighted by atomic mass is 10.2. The SMILES string of the molecule is O=[N+]([O-])c1cccc(C=Nc2cnc3ccccc3c2)c1[O-]. The van der Waals surface area contributed by atoms with Gasteiger partial charge in [0.15, 0.2) is 0 Å². The summed E-state index contributed by atoms with van der Waals surface area (Å²) in [6.45, 7) is 0. The highest BCUT2D eigenvalue weighted by molar-refractivity contribution is 5.88. The van der Waals surface area contributed by atoms with Crippen molar-refractivity contribution in [1.29, 1.82) is 0 Å². The Bertz CT molecular complexity index is 891. The standard InChI is InChI=1S/C16H11N3O3/c20-16-12(5-3-7-15(16)19(21)22)9-17-13-8-11-4-1-2-6-14(11)18-10-13/h1-10,20H/p-1. The Balaban J connectivity index is 1.96. The summed E-state index contributed by atoms with van der Waals surface area (Å²) in [6, 6.07) is 13.6. The number of nitrogens with zero attached hydrogens (tertiary/aromatic N) is 3. The van der Waals surface area contributed by atoms with Gasteiger partial charge in [0.1, 0.15) is 0 Å². The third kappa shape index (κ3) is 2.62. The van der Waals surface area contributed by atoms with E-state index in [4.69, 9.17) is 0 Å². The van der Waals surface area contributed by atoms with Gasteiger partial charge >= 0.3 is 0 Å². The van der Waals surface area contributed by atoms with Crippen LogP contribution in [0.2, 0.25) is 0 Å². The number of benzene rings is 2. The van der Waals surface area contributed by atoms with Crippen molar-refractivity contribution >= 4 is 28.5 Å². The first-order valence-electron chi connectivity index (χ1n) is 6.48. The minimum Gasteiger partial charge on any atom is -0.867 e. The van der Waals surface area contributed by atoms with E-state index in [9.17, 15) is 15.2 Å². The van der Waals surface area contributed by atoms with Crippen LogP contribution in [0.25, 0.3) is 10.9 Å². The van der Waals surface area contributed by atoms with Gasteiger partial charge in [0.05, 0.1) is 22.3 Å². The van der Waals surface area contributed by atoms with Gasteiger partial charge in [-0.2, -0.15) is 0 Å². The van der Waals surface area contributed by atoms with Crippen molar-refractivity contribution in [2.75, 3.05) is 0 Å². The van der Waals surface area contributed by atoms with Gasteiger partial charge in [0, 0.05) is 17.7 Å². The maximum Gasteiger partial charge on any atom is 0.262 e. The quantitative estimate of drug-likeness (QED) is 0.421. The van der Waals surface area contributed by atoms with E-state index < -0.39 is 16.4 Å². The van der Waals surface area contributed by atoms with Crippen molar-refractivity contribution in [3.05, 3.63) is 70.4 Å². The minimum atomic E-state index is -0.697. The Kier molecular flexibility index (Phi) is 3.49. The second-order valence-corrected chi connectivity index (χ2v) is 4.60. The summed E-state index contributed by atoms with van der Waals surface area (Å²) in [5, 5.41) is 23.6. The van der Waals surface area contributed by atoms with Crippen LogP contribution in [-0.2, 0) is 0 Å². The Morgan fingerprint density at radius 1 is 1.14 bits per heavy atom. The van der Waals surface area contributed by atoms with Crippen molar-refractivity contribution in [2.45, 2.75) is 0 Å². The molecule has 0 amide bonds. The van der Waals surface area contributed by atoms with Crippen LogP contribution in [0.15, 0.2) is 59.7 Å². The molecule has 0 fully saturated rings. The molecule has 0 aliphatic heterocycles. The first-order valence-corrected chi connectivity index (χ1v) is 6.48. The smallest absolute Gasteiger partial charge is 0.262 e. The summed E-state index contributed by atoms with van der Waals surface area (Å²) in [5.41, 5.74) is 1.13. The number of nitro groups is 1. The number of hydrogen-bond acceptors (Lipinski definition) is 5. The van der Waals surface area contributed by atoms with Gasteiger partial charge in [-0.15, -0.1) is 0 Å². The van der Waals surface area contributed by atoms with E-state index >= 15 is 0 Å². The van der Waals surface area contributed by atoms with E-state index in [0.29, 0.717) is 5.69 Å². The number of hydrogen-bond donors (Lipinski definition) is 0. The molecule has 0 saturated carbocycles. The van der Waals surface area contributed by atoms with Gasteiger partial charge in [-0.1, -0.05) is 30.3 Å². The Labute approximate surface area is 125 Å². The molecule has 2 aromatic carbocycles. The molecule has 108 valence electrons. The van der Waals surface area contributed by atoms with Crippen molar-refractivity contribution in [1.82, 2.24) is 4.98 Å². The van der Waals surface area contributed by atoms with Crippen LogP contribution in [0.4, 0.5) is 11.4 Å². The molecule has 6 heteroatoms. The third-order valence-corrected chi connectivity index (χ3v) is 3.15. The van der Waals surface area contributed by atoms with Gasteiger partial charge in [-0.3, -0.25) is 20.1 Å². The van der Waals surface area contributed by atoms with Crippen LogP contribution < -0.4 is 5.11 Å². The number of fused-ring (bicyclic) bond motifs is 1. The molecule has 3 aromatic rings. The van der Waals surface area contributed by atoms with E-state index in [1.165, 1.54) is 24.4 Å². The molecule has 0 aliphatic rings. The van der Waals surface area contributed by atoms with Crippen molar-refractivity contribution in [2.24, 2.45) is 4.99 Å². The zero-order chi connectivity index (χ0) is 15.5. The zero-order valence-corrected chi connectivity index (χ0v) is 11.3. The highest BCUT2D eigenvalue weighted by atomic mass is 16.6. The van der Waals surface area contributed by atoms with E-state index in [1.54, 1.807) is 6.20 Å². The van der Waals surface area contributed by atoms with Gasteiger partial charge in [0.2, 0.25) is 0 Å². The predicted molar refractivity (Wildman–Crippen MR) is 81.5 cm³/mol. The summed E-state index contributed by atoms with van der Waals surface area (Å²) in [5.74, 6) is -0.648. The van der Waals surface area contributed by atoms with E-state index in [-0.39, 0.29) is 5.56 Å². The molecule has 22 heavy (non-hydrogen) atoms. The number of aliphatic imine (C=N–C) groups is 1. The molecule has 3 rings (SSSR count). The molecule has 0 radical (unpaired) electrons. The van der Waals surface area contributed by atoms with Gasteiger partial charge < -0.3 is 5.11 Å². The van der Waals surface area contributed by atoms with E-state index in [1.807, 2.05) is 30.3 Å². The molecule has 0 saturated heterocycles. The van der Waals surface area contributed by atoms with Gasteiger partial charge in [0.25, 0.3) is 5.69 Å². The summed E-state index contributed by atoms with van der Waals surface area (Å²) < 4.78 is 0. The number of para-hydroxylation sites is 2. The highest BCUT2D eigenvalue weighted by Crippen LogP contribution is 2.26. The molecule has 6 nitrogen and oxygen atoms in total. The normalized spacial score (nSPS) is 11.1. The molecule has 0 aliphatic carbocycles. The molecule has 0 bridgehead atoms. The lowest BCUT2D eigenvalue weighted by molar-refractivity contribution is -0.398. The summed E-state index contributed by atoms with van der Waals surface area (Å²) >= 11 is 0. The monoisotopic (exact) mass is 292 g/mol. The number of rotatable bonds is 3. The zero-order valence-electron chi connectivity index (χ0n) is 11.3. The van der Waals surface area contributed by atoms with Crippen LogP contribution in [0, 0.1) is 10.1 Å². The Morgan fingerprint density at radius 2 is 1.95 bits per heavy atom. The number of pyridine rings is 1. The van der Waals surface area contributed by atoms with Crippen LogP contribution in [0.1, 0.15) is 5.56 Å². The maximum atomic E-state index is 11.9. The fourth-order valence-electron chi connectivity index (χ4n) is 2.06. The topological polar surface area (TPSA) is 91.5 Å². The van der Waals surface area contributed by atoms with Gasteiger partial charge in [-0.25, -0.2) is 0 Å². The van der Waals surface area contributed by atoms with Crippen molar-refractivity contribution < 1.29 is 10.0 Å². The fraction of sp³-hybridized carbons (Fsp3) is 0. The second kappa shape index (κ2) is 5.61. The average Bonchev–Trinajstić information content (AvgIpc) is 2.53. The number of aromatic nitrogens is 1. The van der Waals surface area contributed by atoms with Gasteiger partial charge in [-0.05, 0) is 23.4 Å². The Morgan fingerprint density at radius 3 is 2.77 bits per heavy atom. The summed E-state index contributed by atoms with van der Waals surface area (Å²) in [4.78, 5) is 18.5. The number of nitro benzene ring substituents is 1. The van der Waals surface area contributed by atoms with Crippen molar-refractivity contribution in [3.63, 3.8) is 0 Å². The molecular weight excluding hydrogens is 282 g/mol. The fourth-order valence-corrected chi connectivity index (χ4v) is 2.06. The van der Waals surface area contributed by atoms with Crippen molar-refractivity contribution in [3.8, 4) is 5.75 Å². The van der Waals surface area contributed by atoms with Crippen LogP contribution in [0.3, 0.4) is 0 Å². The predicted octanol–water partition coefficient (Wildman–Crippen LogP) is 2.97. The molecule has 0 N–H and O–H groups in total. The highest BCUT2D eigenvalue weighted by Gasteiger charge is 2.07. The lowest BCUT2D eigenvalue weighted by Crippen LogP contribution is -2.01. The minimum absolute atomic E-state index is 0.169. The second-order valence-electron chi connectivity index (χ2n) is 4.60. The summed E-state index contributed by atoms with van der Waals surface area (Å²) in [6.07, 6.45) is 2.90. The largest absolute Gasteiger partial charge is 0.867 e. The molecule has 0 spiro atoms. The molecular formula is C16H10N3O3-. The van der Waals surface area contributed by atoms with E-state index in [2.05, 4.69) is 9.98 Å². The first kappa shape index (κ1) is 13.7. The molecule has 1 heterocycles. The maximum absolute atomic E-state index is 11.9. The summed E-state index contributed by atoms with van der Waals surface area (Å²) in [7, 11) is 0. The molecule has 1 aromatic heterocycles. The van der Waals surface area contributed by atoms with Crippen LogP contribution >= 0.6 is 0 Å². The lowest BCUT2D eigenvalue weighted by Gasteiger charge is -2.09. The van der Waals surface area contributed by atoms with Crippen LogP contribution in [-0.4, -0.2) is 16.1 Å². The Hall–Kier alpha value is -3.28. The third-order valence-electron chi connectivity index (χ3n) is 3.15. The van der Waals surface area contributed by atoms with E-state index in [0.717, 1.165) is 10.9 Å². The first-order chi connectivity index (χ1) is 10.6. The molecule has 0 atom stereocenters. The average molecular weight is 292 g/mol. The molecule has 0 unspecified atom stereocenters.